The van der Waals surface area contributed by atoms with Gasteiger partial charge in [0, 0.05) is 0 Å². The van der Waals surface area contributed by atoms with E-state index in [0.29, 0.717) is 10.9 Å². The molecule has 0 aliphatic rings. The molecule has 5 nitrogen and oxygen atoms in total. The van der Waals surface area contributed by atoms with E-state index in [4.69, 9.17) is 0 Å². The minimum absolute atomic E-state index is 0.0426. The Morgan fingerprint density at radius 2 is 1.21 bits per heavy atom. The van der Waals surface area contributed by atoms with E-state index >= 15 is 0 Å². The van der Waals surface area contributed by atoms with Crippen LogP contribution in [0.25, 0.3) is 0 Å². The summed E-state index contributed by atoms with van der Waals surface area (Å²) in [7, 11) is 0.921. The van der Waals surface area contributed by atoms with E-state index in [1.165, 1.54) is 44.9 Å². The molecule has 0 aliphatic carbocycles. The Kier molecular flexibility index (Phi) is 14.3. The molecule has 0 aromatic heterocycles. The minimum Gasteiger partial charge on any atom is -0.373 e. The number of unbranched alkanes of at least 4 members (excludes halogenated alkanes) is 8. The lowest BCUT2D eigenvalue weighted by Crippen LogP contribution is -2.49. The Balaban J connectivity index is 3.86. The summed E-state index contributed by atoms with van der Waals surface area (Å²) in [6.45, 7) is 2.26. The van der Waals surface area contributed by atoms with Crippen LogP contribution in [0.3, 0.4) is 0 Å². The van der Waals surface area contributed by atoms with Gasteiger partial charge < -0.3 is 19.4 Å². The van der Waals surface area contributed by atoms with Gasteiger partial charge in [0.15, 0.2) is 0 Å². The molecular weight excluding hydrogens is 373 g/mol. The third-order valence-electron chi connectivity index (χ3n) is 4.77. The van der Waals surface area contributed by atoms with Gasteiger partial charge in [-0.2, -0.15) is 0 Å². The molecule has 0 saturated heterocycles. The zero-order valence-electron chi connectivity index (χ0n) is 18.6. The van der Waals surface area contributed by atoms with Crippen LogP contribution in [0.5, 0.6) is 0 Å². The molecule has 28 heavy (non-hydrogen) atoms. The predicted molar refractivity (Wildman–Crippen MR) is 119 cm³/mol. The lowest BCUT2D eigenvalue weighted by molar-refractivity contribution is -0.875. The second-order valence-electron chi connectivity index (χ2n) is 8.94. The summed E-state index contributed by atoms with van der Waals surface area (Å²) in [5.74, 6) is 0. The molecule has 0 fully saturated rings. The Hall–Kier alpha value is -0.450. The Bertz CT molecular complexity index is 493. The van der Waals surface area contributed by atoms with E-state index in [1.807, 2.05) is 21.1 Å². The second-order valence-corrected chi connectivity index (χ2v) is 10.9. The minimum atomic E-state index is -4.56. The van der Waals surface area contributed by atoms with E-state index in [-0.39, 0.29) is 13.0 Å². The van der Waals surface area contributed by atoms with Gasteiger partial charge in [-0.25, -0.2) is 0 Å². The maximum absolute atomic E-state index is 11.7. The molecule has 3 N–H and O–H groups in total. The fourth-order valence-corrected chi connectivity index (χ4v) is 4.30. The van der Waals surface area contributed by atoms with Crippen LogP contribution in [0.15, 0.2) is 24.3 Å². The van der Waals surface area contributed by atoms with Crippen molar-refractivity contribution < 1.29 is 23.9 Å². The van der Waals surface area contributed by atoms with Crippen molar-refractivity contribution >= 4 is 7.60 Å². The van der Waals surface area contributed by atoms with Crippen LogP contribution in [0.2, 0.25) is 0 Å². The molecular formula is C22H45NO4P+. The van der Waals surface area contributed by atoms with Crippen LogP contribution in [0.4, 0.5) is 0 Å². The summed E-state index contributed by atoms with van der Waals surface area (Å²) < 4.78 is 12.0. The van der Waals surface area contributed by atoms with Crippen molar-refractivity contribution in [3.05, 3.63) is 24.3 Å². The smallest absolute Gasteiger partial charge is 0.362 e. The molecule has 1 atom stereocenters. The van der Waals surface area contributed by atoms with Crippen LogP contribution < -0.4 is 0 Å². The van der Waals surface area contributed by atoms with E-state index in [0.717, 1.165) is 19.3 Å². The van der Waals surface area contributed by atoms with Crippen molar-refractivity contribution in [1.82, 2.24) is 0 Å². The maximum Gasteiger partial charge on any atom is 0.362 e. The first kappa shape index (κ1) is 27.5. The van der Waals surface area contributed by atoms with E-state index in [2.05, 4.69) is 31.2 Å². The fraction of sp³-hybridized carbons (Fsp3) is 0.818. The van der Waals surface area contributed by atoms with Gasteiger partial charge in [-0.05, 0) is 57.8 Å². The molecule has 1 unspecified atom stereocenters. The summed E-state index contributed by atoms with van der Waals surface area (Å²) in [6, 6.07) is 0. The number of rotatable bonds is 17. The molecule has 166 valence electrons. The number of nitrogens with zero attached hydrogens (tertiary/aromatic N) is 1. The predicted octanol–water partition coefficient (Wildman–Crippen LogP) is 5.37. The largest absolute Gasteiger partial charge is 0.373 e. The summed E-state index contributed by atoms with van der Waals surface area (Å²) in [6.07, 6.45) is 21.2. The van der Waals surface area contributed by atoms with E-state index in [1.54, 1.807) is 0 Å². The zero-order chi connectivity index (χ0) is 21.5. The highest BCUT2D eigenvalue weighted by Gasteiger charge is 2.48. The fourth-order valence-electron chi connectivity index (χ4n) is 3.24. The topological polar surface area (TPSA) is 77.8 Å². The molecule has 0 bridgehead atoms. The lowest BCUT2D eigenvalue weighted by atomic mass is 10.1. The van der Waals surface area contributed by atoms with Crippen molar-refractivity contribution in [3.63, 3.8) is 0 Å². The van der Waals surface area contributed by atoms with Crippen LogP contribution in [-0.4, -0.2) is 52.4 Å². The standard InChI is InChI=1S/C22H44NO4P/c1-5-6-7-8-9-10-11-12-13-14-15-16-17-18-19-20-22(24,28(25,26)27)21-23(2,3)4/h8-9,15-16,24H,5-7,10-14,17-21H2,1-4H3,(H-,25,26,27)/p+1/b9-8-,16-15-. The van der Waals surface area contributed by atoms with Gasteiger partial charge in [-0.3, -0.25) is 4.57 Å². The summed E-state index contributed by atoms with van der Waals surface area (Å²) in [4.78, 5) is 19.1. The number of hydrogen-bond donors (Lipinski definition) is 3. The van der Waals surface area contributed by atoms with E-state index in [9.17, 15) is 19.5 Å². The van der Waals surface area contributed by atoms with Gasteiger partial charge in [-0.15, -0.1) is 0 Å². The zero-order valence-corrected chi connectivity index (χ0v) is 19.5. The maximum atomic E-state index is 11.7. The van der Waals surface area contributed by atoms with Gasteiger partial charge in [0.2, 0.25) is 5.34 Å². The Morgan fingerprint density at radius 1 is 0.786 bits per heavy atom. The number of quaternary nitrogens is 1. The summed E-state index contributed by atoms with van der Waals surface area (Å²) in [5.41, 5.74) is 0. The highest BCUT2D eigenvalue weighted by molar-refractivity contribution is 7.53. The van der Waals surface area contributed by atoms with Crippen LogP contribution in [-0.2, 0) is 4.57 Å². The van der Waals surface area contributed by atoms with Gasteiger partial charge in [0.25, 0.3) is 0 Å². The third kappa shape index (κ3) is 14.5. The molecule has 0 aromatic carbocycles. The molecule has 0 heterocycles. The highest BCUT2D eigenvalue weighted by Crippen LogP contribution is 2.52. The van der Waals surface area contributed by atoms with Crippen molar-refractivity contribution in [3.8, 4) is 0 Å². The second kappa shape index (κ2) is 14.5. The van der Waals surface area contributed by atoms with Gasteiger partial charge in [-0.1, -0.05) is 50.5 Å². The normalized spacial score (nSPS) is 15.5. The van der Waals surface area contributed by atoms with Gasteiger partial charge in [0.1, 0.15) is 6.54 Å². The molecule has 0 aliphatic heterocycles. The summed E-state index contributed by atoms with van der Waals surface area (Å²) >= 11 is 0. The number of allylic oxidation sites excluding steroid dienone is 4. The van der Waals surface area contributed by atoms with Crippen LogP contribution in [0, 0.1) is 0 Å². The average Bonchev–Trinajstić information content (AvgIpc) is 2.56. The van der Waals surface area contributed by atoms with Crippen molar-refractivity contribution in [2.45, 2.75) is 89.3 Å². The third-order valence-corrected chi connectivity index (χ3v) is 6.22. The Labute approximate surface area is 173 Å². The van der Waals surface area contributed by atoms with Gasteiger partial charge in [0.05, 0.1) is 21.1 Å². The molecule has 0 rings (SSSR count). The van der Waals surface area contributed by atoms with Crippen molar-refractivity contribution in [1.29, 1.82) is 0 Å². The van der Waals surface area contributed by atoms with Crippen LogP contribution >= 0.6 is 7.60 Å². The van der Waals surface area contributed by atoms with Crippen molar-refractivity contribution in [2.75, 3.05) is 27.7 Å². The monoisotopic (exact) mass is 418 g/mol. The first-order valence-electron chi connectivity index (χ1n) is 10.9. The molecule has 0 spiro atoms. The highest BCUT2D eigenvalue weighted by atomic mass is 31.2. The first-order chi connectivity index (χ1) is 13.0. The SMILES string of the molecule is CCCC/C=C\CCCCC/C=C\CCCCC(O)(C[N+](C)(C)C)P(=O)(O)O. The van der Waals surface area contributed by atoms with Gasteiger partial charge >= 0.3 is 7.60 Å². The number of hydrogen-bond acceptors (Lipinski definition) is 2. The quantitative estimate of drug-likeness (QED) is 0.128. The average molecular weight is 419 g/mol. The number of aliphatic hydroxyl groups is 1. The first-order valence-corrected chi connectivity index (χ1v) is 12.5. The molecule has 0 radical (unpaired) electrons. The lowest BCUT2D eigenvalue weighted by Gasteiger charge is -2.35. The van der Waals surface area contributed by atoms with Crippen LogP contribution in [0.1, 0.15) is 84.0 Å². The molecule has 0 amide bonds. The van der Waals surface area contributed by atoms with Crippen molar-refractivity contribution in [2.24, 2.45) is 0 Å². The molecule has 0 saturated carbocycles. The molecule has 6 heteroatoms. The van der Waals surface area contributed by atoms with E-state index < -0.39 is 12.9 Å². The molecule has 0 aromatic rings. The Morgan fingerprint density at radius 3 is 1.61 bits per heavy atom. The summed E-state index contributed by atoms with van der Waals surface area (Å²) in [5, 5.41) is 8.56. The number of likely N-dealkylation sites (N-methyl/N-ethyl adjacent to an activating group) is 1.